The average Bonchev–Trinajstić information content (AvgIpc) is 2.82. The molecule has 0 radical (unpaired) electrons. The van der Waals surface area contributed by atoms with Crippen LogP contribution in [0, 0.1) is 0 Å². The van der Waals surface area contributed by atoms with Crippen molar-refractivity contribution < 1.29 is 14.3 Å². The van der Waals surface area contributed by atoms with E-state index in [4.69, 9.17) is 9.52 Å². The number of benzene rings is 1. The van der Waals surface area contributed by atoms with Crippen molar-refractivity contribution >= 4 is 17.1 Å². The fraction of sp³-hybridized carbons (Fsp3) is 0.467. The summed E-state index contributed by atoms with van der Waals surface area (Å²) in [5.41, 5.74) is 2.56. The standard InChI is InChI=1S/C15H19N3O3/c1-17-4-6-18(7-5-17)10-11-2-3-13-12(8-11)16-14(21-13)9-15(19)20/h2-3,8H,4-7,9-10H2,1H3,(H,19,20). The van der Waals surface area contributed by atoms with Crippen molar-refractivity contribution in [2.75, 3.05) is 33.2 Å². The molecule has 0 saturated carbocycles. The second-order valence-electron chi connectivity index (χ2n) is 5.56. The van der Waals surface area contributed by atoms with Crippen molar-refractivity contribution in [3.8, 4) is 0 Å². The summed E-state index contributed by atoms with van der Waals surface area (Å²) in [7, 11) is 2.14. The summed E-state index contributed by atoms with van der Waals surface area (Å²) in [4.78, 5) is 19.7. The van der Waals surface area contributed by atoms with Crippen LogP contribution >= 0.6 is 0 Å². The molecule has 0 atom stereocenters. The maximum atomic E-state index is 10.7. The van der Waals surface area contributed by atoms with Gasteiger partial charge in [0.25, 0.3) is 0 Å². The van der Waals surface area contributed by atoms with Gasteiger partial charge in [-0.1, -0.05) is 6.07 Å². The van der Waals surface area contributed by atoms with Gasteiger partial charge in [0.05, 0.1) is 0 Å². The Labute approximate surface area is 123 Å². The third-order valence-corrected chi connectivity index (χ3v) is 3.80. The van der Waals surface area contributed by atoms with E-state index in [0.717, 1.165) is 38.2 Å². The van der Waals surface area contributed by atoms with Gasteiger partial charge in [-0.15, -0.1) is 0 Å². The van der Waals surface area contributed by atoms with Crippen LogP contribution in [-0.2, 0) is 17.8 Å². The highest BCUT2D eigenvalue weighted by molar-refractivity contribution is 5.75. The monoisotopic (exact) mass is 289 g/mol. The summed E-state index contributed by atoms with van der Waals surface area (Å²) in [6.07, 6.45) is -0.178. The van der Waals surface area contributed by atoms with Crippen molar-refractivity contribution in [1.82, 2.24) is 14.8 Å². The molecule has 2 heterocycles. The first-order chi connectivity index (χ1) is 10.1. The van der Waals surface area contributed by atoms with E-state index >= 15 is 0 Å². The van der Waals surface area contributed by atoms with Gasteiger partial charge < -0.3 is 14.4 Å². The van der Waals surface area contributed by atoms with Crippen LogP contribution < -0.4 is 0 Å². The summed E-state index contributed by atoms with van der Waals surface area (Å²) >= 11 is 0. The molecule has 2 aromatic rings. The predicted octanol–water partition coefficient (Wildman–Crippen LogP) is 1.20. The highest BCUT2D eigenvalue weighted by Gasteiger charge is 2.15. The Morgan fingerprint density at radius 2 is 2.10 bits per heavy atom. The Bertz CT molecular complexity index is 645. The largest absolute Gasteiger partial charge is 0.481 e. The topological polar surface area (TPSA) is 69.8 Å². The summed E-state index contributed by atoms with van der Waals surface area (Å²) in [6.45, 7) is 5.21. The summed E-state index contributed by atoms with van der Waals surface area (Å²) in [5.74, 6) is -0.673. The predicted molar refractivity (Wildman–Crippen MR) is 78.1 cm³/mol. The van der Waals surface area contributed by atoms with Crippen LogP contribution in [0.15, 0.2) is 22.6 Å². The lowest BCUT2D eigenvalue weighted by atomic mass is 10.2. The van der Waals surface area contributed by atoms with Crippen molar-refractivity contribution in [2.45, 2.75) is 13.0 Å². The summed E-state index contributed by atoms with van der Waals surface area (Å²) < 4.78 is 5.43. The van der Waals surface area contributed by atoms with Crippen molar-refractivity contribution in [2.24, 2.45) is 0 Å². The summed E-state index contributed by atoms with van der Waals surface area (Å²) in [6, 6.07) is 5.89. The van der Waals surface area contributed by atoms with Crippen LogP contribution in [0.1, 0.15) is 11.5 Å². The van der Waals surface area contributed by atoms with Gasteiger partial charge in [-0.3, -0.25) is 9.69 Å². The lowest BCUT2D eigenvalue weighted by molar-refractivity contribution is -0.136. The highest BCUT2D eigenvalue weighted by Crippen LogP contribution is 2.19. The Morgan fingerprint density at radius 3 is 2.81 bits per heavy atom. The van der Waals surface area contributed by atoms with E-state index in [2.05, 4.69) is 21.8 Å². The van der Waals surface area contributed by atoms with Crippen LogP contribution in [0.3, 0.4) is 0 Å². The molecule has 1 saturated heterocycles. The highest BCUT2D eigenvalue weighted by atomic mass is 16.4. The molecule has 0 aliphatic carbocycles. The fourth-order valence-corrected chi connectivity index (χ4v) is 2.59. The molecule has 1 fully saturated rings. The first kappa shape index (κ1) is 14.0. The van der Waals surface area contributed by atoms with E-state index in [-0.39, 0.29) is 12.3 Å². The molecule has 6 nitrogen and oxygen atoms in total. The van der Waals surface area contributed by atoms with E-state index in [1.165, 1.54) is 5.56 Å². The van der Waals surface area contributed by atoms with Crippen molar-refractivity contribution in [1.29, 1.82) is 0 Å². The van der Waals surface area contributed by atoms with Gasteiger partial charge in [0.2, 0.25) is 5.89 Å². The maximum absolute atomic E-state index is 10.7. The molecule has 21 heavy (non-hydrogen) atoms. The lowest BCUT2D eigenvalue weighted by Gasteiger charge is -2.32. The number of hydrogen-bond acceptors (Lipinski definition) is 5. The Morgan fingerprint density at radius 1 is 1.33 bits per heavy atom. The first-order valence-corrected chi connectivity index (χ1v) is 7.11. The molecule has 1 aliphatic rings. The van der Waals surface area contributed by atoms with Crippen LogP contribution in [-0.4, -0.2) is 59.1 Å². The number of piperazine rings is 1. The SMILES string of the molecule is CN1CCN(Cc2ccc3oc(CC(=O)O)nc3c2)CC1. The number of carboxylic acid groups (broad SMARTS) is 1. The number of nitrogens with zero attached hydrogens (tertiary/aromatic N) is 3. The van der Waals surface area contributed by atoms with Gasteiger partial charge in [0.1, 0.15) is 11.9 Å². The third-order valence-electron chi connectivity index (χ3n) is 3.80. The first-order valence-electron chi connectivity index (χ1n) is 7.11. The molecule has 112 valence electrons. The fourth-order valence-electron chi connectivity index (χ4n) is 2.59. The van der Waals surface area contributed by atoms with Gasteiger partial charge in [-0.25, -0.2) is 4.98 Å². The molecule has 1 aromatic heterocycles. The van der Waals surface area contributed by atoms with Gasteiger partial charge >= 0.3 is 5.97 Å². The minimum absolute atomic E-state index is 0.178. The van der Waals surface area contributed by atoms with Crippen molar-refractivity contribution in [3.05, 3.63) is 29.7 Å². The second kappa shape index (κ2) is 5.83. The maximum Gasteiger partial charge on any atom is 0.312 e. The Balaban J connectivity index is 1.73. The number of fused-ring (bicyclic) bond motifs is 1. The van der Waals surface area contributed by atoms with Crippen molar-refractivity contribution in [3.63, 3.8) is 0 Å². The number of hydrogen-bond donors (Lipinski definition) is 1. The Hall–Kier alpha value is -1.92. The average molecular weight is 289 g/mol. The van der Waals surface area contributed by atoms with E-state index in [1.807, 2.05) is 18.2 Å². The molecule has 1 aliphatic heterocycles. The zero-order valence-corrected chi connectivity index (χ0v) is 12.1. The normalized spacial score (nSPS) is 17.4. The van der Waals surface area contributed by atoms with Gasteiger partial charge in [-0.2, -0.15) is 0 Å². The molecule has 1 N–H and O–H groups in total. The van der Waals surface area contributed by atoms with Crippen LogP contribution in [0.25, 0.3) is 11.1 Å². The third kappa shape index (κ3) is 3.40. The number of carbonyl (C=O) groups is 1. The molecule has 0 spiro atoms. The Kier molecular flexibility index (Phi) is 3.90. The number of likely N-dealkylation sites (N-methyl/N-ethyl adjacent to an activating group) is 1. The van der Waals surface area contributed by atoms with Gasteiger partial charge in [0.15, 0.2) is 5.58 Å². The lowest BCUT2D eigenvalue weighted by Crippen LogP contribution is -2.43. The van der Waals surface area contributed by atoms with Crippen LogP contribution in [0.4, 0.5) is 0 Å². The number of aliphatic carboxylic acids is 1. The number of oxazole rings is 1. The van der Waals surface area contributed by atoms with Crippen LogP contribution in [0.5, 0.6) is 0 Å². The van der Waals surface area contributed by atoms with E-state index < -0.39 is 5.97 Å². The molecular formula is C15H19N3O3. The molecule has 3 rings (SSSR count). The number of carboxylic acids is 1. The molecule has 6 heteroatoms. The van der Waals surface area contributed by atoms with Gasteiger partial charge in [0, 0.05) is 32.7 Å². The molecule has 1 aromatic carbocycles. The van der Waals surface area contributed by atoms with Gasteiger partial charge in [-0.05, 0) is 24.7 Å². The number of aromatic nitrogens is 1. The smallest absolute Gasteiger partial charge is 0.312 e. The van der Waals surface area contributed by atoms with E-state index in [1.54, 1.807) is 0 Å². The molecule has 0 unspecified atom stereocenters. The molecule has 0 bridgehead atoms. The minimum Gasteiger partial charge on any atom is -0.481 e. The van der Waals surface area contributed by atoms with E-state index in [9.17, 15) is 4.79 Å². The molecular weight excluding hydrogens is 270 g/mol. The second-order valence-corrected chi connectivity index (χ2v) is 5.56. The van der Waals surface area contributed by atoms with Crippen LogP contribution in [0.2, 0.25) is 0 Å². The van der Waals surface area contributed by atoms with E-state index in [0.29, 0.717) is 5.58 Å². The quantitative estimate of drug-likeness (QED) is 0.912. The number of rotatable bonds is 4. The summed E-state index contributed by atoms with van der Waals surface area (Å²) in [5, 5.41) is 8.77. The molecule has 0 amide bonds. The zero-order chi connectivity index (χ0) is 14.8. The zero-order valence-electron chi connectivity index (χ0n) is 12.1. The minimum atomic E-state index is -0.931.